The number of carbonyl (C=O) groups is 1. The molecule has 0 bridgehead atoms. The third-order valence-electron chi connectivity index (χ3n) is 6.06. The summed E-state index contributed by atoms with van der Waals surface area (Å²) in [4.78, 5) is 16.6. The van der Waals surface area contributed by atoms with Gasteiger partial charge in [0.15, 0.2) is 5.71 Å². The van der Waals surface area contributed by atoms with E-state index < -0.39 is 15.1 Å². The van der Waals surface area contributed by atoms with Crippen LogP contribution in [-0.4, -0.2) is 57.5 Å². The Morgan fingerprint density at radius 3 is 1.89 bits per heavy atom. The zero-order chi connectivity index (χ0) is 27.5. The molecule has 0 atom stereocenters. The molecule has 0 radical (unpaired) electrons. The zero-order valence-electron chi connectivity index (χ0n) is 23.4. The van der Waals surface area contributed by atoms with Crippen molar-refractivity contribution in [3.63, 3.8) is 0 Å². The van der Waals surface area contributed by atoms with Crippen LogP contribution in [0.1, 0.15) is 31.9 Å². The number of allylic oxidation sites excluding steroid dienone is 5. The zero-order valence-corrected chi connectivity index (χ0v) is 28.6. The first-order valence-corrected chi connectivity index (χ1v) is 20.2. The van der Waals surface area contributed by atoms with Gasteiger partial charge in [0.25, 0.3) is 0 Å². The maximum absolute atomic E-state index is 12.2. The fourth-order valence-corrected chi connectivity index (χ4v) is 4.16. The van der Waals surface area contributed by atoms with Gasteiger partial charge in [0.1, 0.15) is 14.1 Å². The summed E-state index contributed by atoms with van der Waals surface area (Å²) in [5.74, 6) is -0.0804. The number of nitrogens with zero attached hydrogens (tertiary/aromatic N) is 3. The van der Waals surface area contributed by atoms with E-state index in [1.54, 1.807) is 6.92 Å². The minimum absolute atomic E-state index is 0. The fourth-order valence-electron chi connectivity index (χ4n) is 4.16. The molecule has 38 heavy (non-hydrogen) atoms. The van der Waals surface area contributed by atoms with Crippen LogP contribution in [0.3, 0.4) is 0 Å². The van der Waals surface area contributed by atoms with E-state index in [4.69, 9.17) is 19.4 Å². The Morgan fingerprint density at radius 2 is 1.45 bits per heavy atom. The van der Waals surface area contributed by atoms with E-state index in [1.165, 1.54) is 0 Å². The number of amides is 1. The number of hydrogen-bond acceptors (Lipinski definition) is 3. The predicted molar refractivity (Wildman–Crippen MR) is 158 cm³/mol. The van der Waals surface area contributed by atoms with E-state index in [2.05, 4.69) is 100 Å². The van der Waals surface area contributed by atoms with E-state index in [1.807, 2.05) is 28.2 Å². The molecular weight excluding hydrogens is 592 g/mol. The summed E-state index contributed by atoms with van der Waals surface area (Å²) in [6.45, 7) is 7.66. The monoisotopic (exact) mass is 626 g/mol. The van der Waals surface area contributed by atoms with Crippen molar-refractivity contribution >= 4 is 53.6 Å². The molecule has 2 aromatic rings. The number of anilines is 3. The number of benzene rings is 2. The van der Waals surface area contributed by atoms with Gasteiger partial charge in [0.05, 0.1) is 5.69 Å². The van der Waals surface area contributed by atoms with Crippen LogP contribution in [0.5, 0.6) is 0 Å². The average Bonchev–Trinajstić information content (AvgIpc) is 2.87. The summed E-state index contributed by atoms with van der Waals surface area (Å²) in [6, 6.07) is 14.9. The minimum atomic E-state index is -0.931. The Morgan fingerprint density at radius 1 is 0.921 bits per heavy atom. The van der Waals surface area contributed by atoms with Gasteiger partial charge in [-0.25, -0.2) is 4.58 Å². The van der Waals surface area contributed by atoms with Gasteiger partial charge in [-0.05, 0) is 67.0 Å². The van der Waals surface area contributed by atoms with Crippen molar-refractivity contribution in [1.82, 2.24) is 0 Å². The first-order valence-electron chi connectivity index (χ1n) is 12.4. The van der Waals surface area contributed by atoms with Crippen LogP contribution in [0, 0.1) is 0 Å². The average molecular weight is 629 g/mol. The Bertz CT molecular complexity index is 1180. The van der Waals surface area contributed by atoms with Crippen LogP contribution >= 0.6 is 19.4 Å². The van der Waals surface area contributed by atoms with Crippen LogP contribution in [0.25, 0.3) is 5.57 Å². The van der Waals surface area contributed by atoms with E-state index >= 15 is 0 Å². The molecule has 1 aliphatic rings. The number of rotatable bonds is 7. The van der Waals surface area contributed by atoms with E-state index in [0.717, 1.165) is 58.1 Å². The molecular formula is C29H37Cl3N4OZn. The Kier molecular flexibility index (Phi) is 15.0. The Balaban J connectivity index is 0.00000172. The molecule has 9 heteroatoms. The van der Waals surface area contributed by atoms with Crippen molar-refractivity contribution in [2.75, 3.05) is 56.4 Å². The van der Waals surface area contributed by atoms with Crippen LogP contribution in [0.15, 0.2) is 72.3 Å². The van der Waals surface area contributed by atoms with Gasteiger partial charge >= 0.3 is 34.5 Å². The molecule has 1 amide bonds. The standard InChI is InChI=1S/C29H36N4O.3ClH.Zn/c1-8-33(9-2)26-18-19-27(28(20-26)30-21(3)34)29(22-10-14-24(15-11-22)31(4)5)23-12-16-25(17-13-23)32(6)7;;;;/h10-20H,8-9H2,1-7H3;3*1H;/q;;;;+2/p-2. The molecule has 0 heterocycles. The van der Waals surface area contributed by atoms with E-state index in [9.17, 15) is 4.79 Å². The first-order chi connectivity index (χ1) is 17.7. The van der Waals surface area contributed by atoms with Gasteiger partial charge in [-0.3, -0.25) is 4.79 Å². The van der Waals surface area contributed by atoms with Gasteiger partial charge in [0, 0.05) is 63.2 Å². The second kappa shape index (κ2) is 16.8. The SMILES string of the molecule is CCN(CC)c1ccc(C(=C2C=CC(=[N+](C)C)C=C2)c2ccc(N(C)C)cc2)c(NC(C)=O)c1.[Cl-].[Cl][Zn][Cl]. The summed E-state index contributed by atoms with van der Waals surface area (Å²) >= 11 is -0.931. The van der Waals surface area contributed by atoms with Crippen molar-refractivity contribution < 1.29 is 36.9 Å². The second-order valence-corrected chi connectivity index (χ2v) is 13.6. The molecule has 2 aromatic carbocycles. The third kappa shape index (κ3) is 9.27. The van der Waals surface area contributed by atoms with E-state index in [0.29, 0.717) is 0 Å². The number of nitrogens with one attached hydrogen (secondary N) is 1. The topological polar surface area (TPSA) is 38.6 Å². The molecule has 1 N–H and O–H groups in total. The summed E-state index contributed by atoms with van der Waals surface area (Å²) in [7, 11) is 18.1. The second-order valence-electron chi connectivity index (χ2n) is 8.94. The van der Waals surface area contributed by atoms with E-state index in [-0.39, 0.29) is 18.3 Å². The van der Waals surface area contributed by atoms with Crippen LogP contribution < -0.4 is 27.5 Å². The number of halogens is 3. The molecule has 0 aromatic heterocycles. The Labute approximate surface area is 250 Å². The van der Waals surface area contributed by atoms with Gasteiger partial charge in [0.2, 0.25) is 5.91 Å². The maximum atomic E-state index is 12.2. The molecule has 3 rings (SSSR count). The number of hydrogen-bond donors (Lipinski definition) is 1. The normalized spacial score (nSPS) is 11.5. The molecule has 0 spiro atoms. The quantitative estimate of drug-likeness (QED) is 0.377. The fraction of sp³-hybridized carbons (Fsp3) is 0.310. The number of carbonyl (C=O) groups excluding carboxylic acids is 1. The van der Waals surface area contributed by atoms with Crippen LogP contribution in [-0.2, 0) is 19.9 Å². The molecule has 5 nitrogen and oxygen atoms in total. The summed E-state index contributed by atoms with van der Waals surface area (Å²) < 4.78 is 2.09. The molecule has 1 aliphatic carbocycles. The van der Waals surface area contributed by atoms with Crippen molar-refractivity contribution in [3.8, 4) is 0 Å². The first kappa shape index (κ1) is 33.9. The van der Waals surface area contributed by atoms with Crippen molar-refractivity contribution in [2.24, 2.45) is 0 Å². The molecule has 0 saturated heterocycles. The van der Waals surface area contributed by atoms with Crippen LogP contribution in [0.4, 0.5) is 17.1 Å². The predicted octanol–water partition coefficient (Wildman–Crippen LogP) is 3.58. The van der Waals surface area contributed by atoms with Crippen LogP contribution in [0.2, 0.25) is 0 Å². The molecule has 0 unspecified atom stereocenters. The van der Waals surface area contributed by atoms with Gasteiger partial charge < -0.3 is 27.5 Å². The van der Waals surface area contributed by atoms with Gasteiger partial charge in [-0.2, -0.15) is 0 Å². The summed E-state index contributed by atoms with van der Waals surface area (Å²) in [5.41, 5.74) is 8.50. The molecule has 0 saturated carbocycles. The van der Waals surface area contributed by atoms with Gasteiger partial charge in [-0.15, -0.1) is 0 Å². The summed E-state index contributed by atoms with van der Waals surface area (Å²) in [6.07, 6.45) is 8.57. The van der Waals surface area contributed by atoms with Crippen molar-refractivity contribution in [1.29, 1.82) is 0 Å². The molecule has 202 valence electrons. The molecule has 0 aliphatic heterocycles. The third-order valence-corrected chi connectivity index (χ3v) is 6.06. The molecule has 0 fully saturated rings. The van der Waals surface area contributed by atoms with Crippen molar-refractivity contribution in [2.45, 2.75) is 20.8 Å². The van der Waals surface area contributed by atoms with Crippen molar-refractivity contribution in [3.05, 3.63) is 83.5 Å². The Hall–Kier alpha value is -2.11. The summed E-state index contributed by atoms with van der Waals surface area (Å²) in [5, 5.41) is 3.09. The van der Waals surface area contributed by atoms with Gasteiger partial charge in [-0.1, -0.05) is 18.2 Å².